The van der Waals surface area contributed by atoms with Gasteiger partial charge in [0.2, 0.25) is 0 Å². The quantitative estimate of drug-likeness (QED) is 0.645. The molecule has 0 unspecified atom stereocenters. The summed E-state index contributed by atoms with van der Waals surface area (Å²) in [6.45, 7) is 5.12. The van der Waals surface area contributed by atoms with Gasteiger partial charge in [-0.15, -0.1) is 0 Å². The topological polar surface area (TPSA) is 44.5 Å². The predicted octanol–water partition coefficient (Wildman–Crippen LogP) is 3.60. The standard InChI is InChI=1S/C17H21NO2/c1-3-14-5-7-15(8-6-14)19-10-11-20-17-12-13(2)4-9-16(17)18/h4-9,12H,3,10-11,18H2,1-2H3. The molecule has 3 heteroatoms. The summed E-state index contributed by atoms with van der Waals surface area (Å²) in [5.41, 5.74) is 8.94. The number of nitrogen functional groups attached to an aromatic ring is 1. The molecule has 0 aliphatic carbocycles. The van der Waals surface area contributed by atoms with Crippen molar-refractivity contribution >= 4 is 5.69 Å². The van der Waals surface area contributed by atoms with Crippen LogP contribution in [0.4, 0.5) is 5.69 Å². The summed E-state index contributed by atoms with van der Waals surface area (Å²) < 4.78 is 11.3. The molecule has 0 amide bonds. The largest absolute Gasteiger partial charge is 0.490 e. The summed E-state index contributed by atoms with van der Waals surface area (Å²) >= 11 is 0. The third-order valence-electron chi connectivity index (χ3n) is 3.11. The van der Waals surface area contributed by atoms with Crippen molar-refractivity contribution in [3.63, 3.8) is 0 Å². The van der Waals surface area contributed by atoms with Gasteiger partial charge in [-0.25, -0.2) is 0 Å². The average Bonchev–Trinajstić information content (AvgIpc) is 2.47. The molecule has 0 spiro atoms. The van der Waals surface area contributed by atoms with Gasteiger partial charge in [-0.2, -0.15) is 0 Å². The van der Waals surface area contributed by atoms with Gasteiger partial charge in [-0.3, -0.25) is 0 Å². The van der Waals surface area contributed by atoms with E-state index < -0.39 is 0 Å². The zero-order valence-corrected chi connectivity index (χ0v) is 12.1. The lowest BCUT2D eigenvalue weighted by atomic mass is 10.2. The Kier molecular flexibility index (Phi) is 4.88. The molecule has 2 rings (SSSR count). The van der Waals surface area contributed by atoms with Crippen molar-refractivity contribution in [1.82, 2.24) is 0 Å². The van der Waals surface area contributed by atoms with Gasteiger partial charge >= 0.3 is 0 Å². The molecule has 0 saturated heterocycles. The smallest absolute Gasteiger partial charge is 0.142 e. The van der Waals surface area contributed by atoms with Crippen molar-refractivity contribution < 1.29 is 9.47 Å². The Labute approximate surface area is 120 Å². The maximum atomic E-state index is 5.85. The first kappa shape index (κ1) is 14.3. The van der Waals surface area contributed by atoms with E-state index in [0.29, 0.717) is 18.9 Å². The summed E-state index contributed by atoms with van der Waals surface area (Å²) in [5.74, 6) is 1.58. The van der Waals surface area contributed by atoms with E-state index in [1.807, 2.05) is 37.3 Å². The van der Waals surface area contributed by atoms with E-state index in [4.69, 9.17) is 15.2 Å². The normalized spacial score (nSPS) is 10.3. The monoisotopic (exact) mass is 271 g/mol. The molecular weight excluding hydrogens is 250 g/mol. The summed E-state index contributed by atoms with van der Waals surface area (Å²) in [5, 5.41) is 0. The number of anilines is 1. The molecule has 106 valence electrons. The Morgan fingerprint density at radius 1 is 0.950 bits per heavy atom. The molecule has 0 aromatic heterocycles. The molecule has 0 atom stereocenters. The highest BCUT2D eigenvalue weighted by Gasteiger charge is 2.01. The van der Waals surface area contributed by atoms with Crippen LogP contribution in [0.3, 0.4) is 0 Å². The molecule has 0 heterocycles. The number of hydrogen-bond acceptors (Lipinski definition) is 3. The number of ether oxygens (including phenoxy) is 2. The predicted molar refractivity (Wildman–Crippen MR) is 82.4 cm³/mol. The molecule has 0 aliphatic rings. The van der Waals surface area contributed by atoms with E-state index in [1.54, 1.807) is 0 Å². The van der Waals surface area contributed by atoms with Crippen molar-refractivity contribution in [3.8, 4) is 11.5 Å². The second kappa shape index (κ2) is 6.85. The lowest BCUT2D eigenvalue weighted by Crippen LogP contribution is -2.10. The third kappa shape index (κ3) is 3.92. The van der Waals surface area contributed by atoms with Crippen LogP contribution in [0.5, 0.6) is 11.5 Å². The molecule has 0 fully saturated rings. The van der Waals surface area contributed by atoms with Crippen LogP contribution in [0.1, 0.15) is 18.1 Å². The number of hydrogen-bond donors (Lipinski definition) is 1. The van der Waals surface area contributed by atoms with E-state index in [-0.39, 0.29) is 0 Å². The SMILES string of the molecule is CCc1ccc(OCCOc2cc(C)ccc2N)cc1. The molecule has 2 N–H and O–H groups in total. The Bertz CT molecular complexity index is 549. The van der Waals surface area contributed by atoms with Crippen LogP contribution < -0.4 is 15.2 Å². The first-order valence-electron chi connectivity index (χ1n) is 6.89. The molecule has 0 radical (unpaired) electrons. The van der Waals surface area contributed by atoms with Gasteiger partial charge in [0.1, 0.15) is 24.7 Å². The van der Waals surface area contributed by atoms with Crippen LogP contribution in [0.2, 0.25) is 0 Å². The van der Waals surface area contributed by atoms with Crippen molar-refractivity contribution in [3.05, 3.63) is 53.6 Å². The summed E-state index contributed by atoms with van der Waals surface area (Å²) in [6, 6.07) is 13.9. The van der Waals surface area contributed by atoms with Gasteiger partial charge < -0.3 is 15.2 Å². The first-order chi connectivity index (χ1) is 9.69. The van der Waals surface area contributed by atoms with Crippen molar-refractivity contribution in [2.75, 3.05) is 18.9 Å². The fourth-order valence-corrected chi connectivity index (χ4v) is 1.90. The molecule has 0 bridgehead atoms. The molecular formula is C17H21NO2. The van der Waals surface area contributed by atoms with E-state index in [9.17, 15) is 0 Å². The fourth-order valence-electron chi connectivity index (χ4n) is 1.90. The Morgan fingerprint density at radius 2 is 1.65 bits per heavy atom. The van der Waals surface area contributed by atoms with Gasteiger partial charge in [-0.05, 0) is 48.7 Å². The van der Waals surface area contributed by atoms with Gasteiger partial charge in [0.15, 0.2) is 0 Å². The van der Waals surface area contributed by atoms with Gasteiger partial charge in [0, 0.05) is 0 Å². The average molecular weight is 271 g/mol. The Morgan fingerprint density at radius 3 is 2.35 bits per heavy atom. The number of rotatable bonds is 6. The fraction of sp³-hybridized carbons (Fsp3) is 0.294. The van der Waals surface area contributed by atoms with E-state index in [2.05, 4.69) is 19.1 Å². The van der Waals surface area contributed by atoms with E-state index in [1.165, 1.54) is 5.56 Å². The Balaban J connectivity index is 1.79. The van der Waals surface area contributed by atoms with Crippen LogP contribution in [0.15, 0.2) is 42.5 Å². The number of nitrogens with two attached hydrogens (primary N) is 1. The second-order valence-corrected chi connectivity index (χ2v) is 4.74. The number of benzene rings is 2. The van der Waals surface area contributed by atoms with Crippen LogP contribution in [-0.4, -0.2) is 13.2 Å². The van der Waals surface area contributed by atoms with Gasteiger partial charge in [0.25, 0.3) is 0 Å². The van der Waals surface area contributed by atoms with Crippen LogP contribution in [-0.2, 0) is 6.42 Å². The first-order valence-corrected chi connectivity index (χ1v) is 6.89. The maximum Gasteiger partial charge on any atom is 0.142 e. The minimum atomic E-state index is 0.475. The second-order valence-electron chi connectivity index (χ2n) is 4.74. The Hall–Kier alpha value is -2.16. The highest BCUT2D eigenvalue weighted by molar-refractivity contribution is 5.53. The summed E-state index contributed by atoms with van der Waals surface area (Å²) in [4.78, 5) is 0. The summed E-state index contributed by atoms with van der Waals surface area (Å²) in [6.07, 6.45) is 1.04. The van der Waals surface area contributed by atoms with E-state index in [0.717, 1.165) is 23.5 Å². The zero-order valence-electron chi connectivity index (χ0n) is 12.1. The van der Waals surface area contributed by atoms with Crippen LogP contribution in [0.25, 0.3) is 0 Å². The van der Waals surface area contributed by atoms with Gasteiger partial charge in [-0.1, -0.05) is 25.1 Å². The minimum Gasteiger partial charge on any atom is -0.490 e. The lowest BCUT2D eigenvalue weighted by Gasteiger charge is -2.11. The van der Waals surface area contributed by atoms with Crippen molar-refractivity contribution in [2.45, 2.75) is 20.3 Å². The molecule has 20 heavy (non-hydrogen) atoms. The minimum absolute atomic E-state index is 0.475. The molecule has 2 aromatic rings. The van der Waals surface area contributed by atoms with Gasteiger partial charge in [0.05, 0.1) is 5.69 Å². The molecule has 2 aromatic carbocycles. The summed E-state index contributed by atoms with van der Waals surface area (Å²) in [7, 11) is 0. The maximum absolute atomic E-state index is 5.85. The van der Waals surface area contributed by atoms with Crippen molar-refractivity contribution in [2.24, 2.45) is 0 Å². The molecule has 3 nitrogen and oxygen atoms in total. The van der Waals surface area contributed by atoms with Crippen LogP contribution in [0, 0.1) is 6.92 Å². The zero-order chi connectivity index (χ0) is 14.4. The highest BCUT2D eigenvalue weighted by Crippen LogP contribution is 2.22. The van der Waals surface area contributed by atoms with E-state index >= 15 is 0 Å². The highest BCUT2D eigenvalue weighted by atomic mass is 16.5. The number of aryl methyl sites for hydroxylation is 2. The third-order valence-corrected chi connectivity index (χ3v) is 3.11. The molecule has 0 aliphatic heterocycles. The lowest BCUT2D eigenvalue weighted by molar-refractivity contribution is 0.218. The van der Waals surface area contributed by atoms with Crippen LogP contribution >= 0.6 is 0 Å². The van der Waals surface area contributed by atoms with Crippen molar-refractivity contribution in [1.29, 1.82) is 0 Å². The molecule has 0 saturated carbocycles.